The molecule has 0 rings (SSSR count). The van der Waals surface area contributed by atoms with Crippen LogP contribution in [0.1, 0.15) is 59.3 Å². The van der Waals surface area contributed by atoms with Crippen LogP contribution in [0.15, 0.2) is 0 Å². The second-order valence-corrected chi connectivity index (χ2v) is 20.8. The Morgan fingerprint density at radius 2 is 1.07 bits per heavy atom. The van der Waals surface area contributed by atoms with Crippen molar-refractivity contribution in [2.24, 2.45) is 0 Å². The third kappa shape index (κ3) is 7.14. The standard InChI is InChI=1S/3C4H9.CH3S.Sn/c3*1-3-4-2;1-2;/h3*1,3-4H2,2H3;2H,1H2;. The van der Waals surface area contributed by atoms with Crippen LogP contribution < -0.4 is 0 Å². The van der Waals surface area contributed by atoms with Crippen molar-refractivity contribution in [2.45, 2.75) is 72.6 Å². The van der Waals surface area contributed by atoms with Crippen LogP contribution in [0, 0.1) is 0 Å². The predicted molar refractivity (Wildman–Crippen MR) is 78.8 cm³/mol. The van der Waals surface area contributed by atoms with Crippen molar-refractivity contribution >= 4 is 31.0 Å². The molecule has 15 heavy (non-hydrogen) atoms. The maximum absolute atomic E-state index is 4.71. The van der Waals surface area contributed by atoms with Gasteiger partial charge in [0.25, 0.3) is 0 Å². The minimum absolute atomic E-state index is 1.30. The molecule has 0 spiro atoms. The molecule has 0 aliphatic heterocycles. The number of hydrogen-bond acceptors (Lipinski definition) is 1. The molecule has 0 N–H and O–H groups in total. The van der Waals surface area contributed by atoms with Gasteiger partial charge in [0.1, 0.15) is 0 Å². The number of thiol groups is 1. The Morgan fingerprint density at radius 1 is 0.733 bits per heavy atom. The third-order valence-corrected chi connectivity index (χ3v) is 22.0. The third-order valence-electron chi connectivity index (χ3n) is 3.52. The van der Waals surface area contributed by atoms with E-state index in [1.165, 1.54) is 42.3 Å². The summed E-state index contributed by atoms with van der Waals surface area (Å²) in [6.07, 6.45) is 8.57. The Labute approximate surface area is 107 Å². The molecule has 0 nitrogen and oxygen atoms in total. The van der Waals surface area contributed by atoms with Crippen molar-refractivity contribution in [1.82, 2.24) is 0 Å². The fraction of sp³-hybridized carbons (Fsp3) is 1.00. The quantitative estimate of drug-likeness (QED) is 0.406. The first-order valence-electron chi connectivity index (χ1n) is 6.85. The van der Waals surface area contributed by atoms with Gasteiger partial charge in [-0.25, -0.2) is 0 Å². The fourth-order valence-corrected chi connectivity index (χ4v) is 18.4. The molecule has 0 radical (unpaired) electrons. The van der Waals surface area contributed by atoms with Crippen LogP contribution in [0.25, 0.3) is 0 Å². The molecule has 0 bridgehead atoms. The van der Waals surface area contributed by atoms with E-state index >= 15 is 0 Å². The molecule has 0 aliphatic carbocycles. The molecule has 92 valence electrons. The van der Waals surface area contributed by atoms with Gasteiger partial charge < -0.3 is 0 Å². The molecule has 2 heteroatoms. The molecule has 0 fully saturated rings. The van der Waals surface area contributed by atoms with Gasteiger partial charge in [-0.2, -0.15) is 0 Å². The van der Waals surface area contributed by atoms with Gasteiger partial charge in [-0.3, -0.25) is 0 Å². The molecular formula is C13H30SSn. The summed E-state index contributed by atoms with van der Waals surface area (Å²) < 4.78 is 6.12. The van der Waals surface area contributed by atoms with Gasteiger partial charge in [-0.05, 0) is 0 Å². The van der Waals surface area contributed by atoms with Gasteiger partial charge in [0, 0.05) is 0 Å². The Hall–Kier alpha value is 1.15. The molecule has 0 aromatic heterocycles. The summed E-state index contributed by atoms with van der Waals surface area (Å²) in [5.74, 6) is 0. The van der Waals surface area contributed by atoms with Crippen LogP contribution in [-0.4, -0.2) is 22.1 Å². The van der Waals surface area contributed by atoms with E-state index in [4.69, 9.17) is 12.6 Å². The normalized spacial score (nSPS) is 12.0. The number of hydrogen-bond donors (Lipinski definition) is 1. The first-order valence-corrected chi connectivity index (χ1v) is 15.6. The van der Waals surface area contributed by atoms with E-state index in [0.717, 1.165) is 0 Å². The van der Waals surface area contributed by atoms with E-state index in [1.807, 2.05) is 0 Å². The minimum atomic E-state index is -1.75. The van der Waals surface area contributed by atoms with Crippen molar-refractivity contribution in [1.29, 1.82) is 0 Å². The summed E-state index contributed by atoms with van der Waals surface area (Å²) in [5, 5.41) is 0. The molecule has 0 atom stereocenters. The maximum atomic E-state index is 4.71. The molecule has 0 aromatic carbocycles. The van der Waals surface area contributed by atoms with E-state index in [1.54, 1.807) is 13.3 Å². The summed E-state index contributed by atoms with van der Waals surface area (Å²) in [4.78, 5) is 0. The van der Waals surface area contributed by atoms with Gasteiger partial charge in [0.2, 0.25) is 0 Å². The van der Waals surface area contributed by atoms with Crippen LogP contribution in [0.3, 0.4) is 0 Å². The zero-order valence-corrected chi connectivity index (χ0v) is 14.8. The topological polar surface area (TPSA) is 0 Å². The average Bonchev–Trinajstić information content (AvgIpc) is 2.29. The van der Waals surface area contributed by atoms with E-state index < -0.39 is 18.4 Å². The van der Waals surface area contributed by atoms with Crippen molar-refractivity contribution in [2.75, 3.05) is 3.77 Å². The Morgan fingerprint density at radius 3 is 1.27 bits per heavy atom. The van der Waals surface area contributed by atoms with Crippen molar-refractivity contribution in [3.05, 3.63) is 0 Å². The van der Waals surface area contributed by atoms with Crippen LogP contribution in [0.4, 0.5) is 0 Å². The Balaban J connectivity index is 4.16. The van der Waals surface area contributed by atoms with Gasteiger partial charge in [-0.1, -0.05) is 0 Å². The summed E-state index contributed by atoms with van der Waals surface area (Å²) >= 11 is 2.96. The molecule has 0 saturated carbocycles. The SMILES string of the molecule is CCC[CH2][Sn]([CH2]S)([CH2]CCC)[CH2]CCC. The molecule has 0 aliphatic rings. The monoisotopic (exact) mass is 338 g/mol. The van der Waals surface area contributed by atoms with Crippen LogP contribution in [0.5, 0.6) is 0 Å². The van der Waals surface area contributed by atoms with E-state index in [-0.39, 0.29) is 0 Å². The van der Waals surface area contributed by atoms with E-state index in [9.17, 15) is 0 Å². The second-order valence-electron chi connectivity index (χ2n) is 4.97. The fourth-order valence-electron chi connectivity index (χ4n) is 2.27. The summed E-state index contributed by atoms with van der Waals surface area (Å²) in [5.41, 5.74) is 0. The van der Waals surface area contributed by atoms with E-state index in [2.05, 4.69) is 20.8 Å². The Bertz CT molecular complexity index is 115. The van der Waals surface area contributed by atoms with Gasteiger partial charge in [0.05, 0.1) is 0 Å². The number of unbranched alkanes of at least 4 members (excludes halogenated alkanes) is 3. The molecule has 0 unspecified atom stereocenters. The molecule has 0 saturated heterocycles. The Kier molecular flexibility index (Phi) is 11.1. The molecular weight excluding hydrogens is 307 g/mol. The van der Waals surface area contributed by atoms with Crippen LogP contribution in [-0.2, 0) is 0 Å². The summed E-state index contributed by atoms with van der Waals surface area (Å²) in [7, 11) is 0. The average molecular weight is 337 g/mol. The van der Waals surface area contributed by atoms with E-state index in [0.29, 0.717) is 0 Å². The predicted octanol–water partition coefficient (Wildman–Crippen LogP) is 5.30. The number of rotatable bonds is 10. The van der Waals surface area contributed by atoms with Crippen LogP contribution in [0.2, 0.25) is 13.3 Å². The summed E-state index contributed by atoms with van der Waals surface area (Å²) in [6.45, 7) is 6.98. The molecule has 0 heterocycles. The second kappa shape index (κ2) is 10.3. The van der Waals surface area contributed by atoms with Crippen molar-refractivity contribution < 1.29 is 0 Å². The van der Waals surface area contributed by atoms with Crippen molar-refractivity contribution in [3.63, 3.8) is 0 Å². The van der Waals surface area contributed by atoms with Gasteiger partial charge >= 0.3 is 107 Å². The molecule has 0 amide bonds. The first-order chi connectivity index (χ1) is 7.24. The van der Waals surface area contributed by atoms with Crippen LogP contribution >= 0.6 is 12.6 Å². The zero-order valence-electron chi connectivity index (χ0n) is 11.0. The molecule has 0 aromatic rings. The van der Waals surface area contributed by atoms with Gasteiger partial charge in [0.15, 0.2) is 0 Å². The summed E-state index contributed by atoms with van der Waals surface area (Å²) in [6, 6.07) is 0. The van der Waals surface area contributed by atoms with Crippen molar-refractivity contribution in [3.8, 4) is 0 Å². The first kappa shape index (κ1) is 16.1. The van der Waals surface area contributed by atoms with Gasteiger partial charge in [-0.15, -0.1) is 0 Å². The zero-order chi connectivity index (χ0) is 11.6.